The fraction of sp³-hybridized carbons (Fsp3) is 0.820. The molecule has 0 saturated carbocycles. The molecule has 0 radical (unpaired) electrons. The molecule has 0 aromatic heterocycles. The third-order valence-electron chi connectivity index (χ3n) is 10.9. The molecule has 322 valence electrons. The summed E-state index contributed by atoms with van der Waals surface area (Å²) < 4.78 is 0. The second-order valence-electron chi connectivity index (χ2n) is 16.3. The Morgan fingerprint density at radius 3 is 1.11 bits per heavy atom. The van der Waals surface area contributed by atoms with Crippen LogP contribution in [0.1, 0.15) is 239 Å². The smallest absolute Gasteiger partial charge is 0.249 e. The van der Waals surface area contributed by atoms with Gasteiger partial charge < -0.3 is 20.6 Å². The quantitative estimate of drug-likeness (QED) is 0.0367. The molecule has 0 aliphatic carbocycles. The lowest BCUT2D eigenvalue weighted by Crippen LogP contribution is -2.48. The van der Waals surface area contributed by atoms with Crippen LogP contribution in [0.3, 0.4) is 0 Å². The molecule has 0 heterocycles. The summed E-state index contributed by atoms with van der Waals surface area (Å²) in [5.74, 6) is -0.525. The van der Waals surface area contributed by atoms with Gasteiger partial charge in [-0.15, -0.1) is 0 Å². The van der Waals surface area contributed by atoms with Gasteiger partial charge in [0, 0.05) is 0 Å². The first kappa shape index (κ1) is 53.3. The van der Waals surface area contributed by atoms with Gasteiger partial charge >= 0.3 is 0 Å². The first-order valence-electron chi connectivity index (χ1n) is 24.0. The Kier molecular flexibility index (Phi) is 43.6. The number of aliphatic hydroxyl groups is 3. The molecule has 0 aliphatic rings. The summed E-state index contributed by atoms with van der Waals surface area (Å²) in [6.45, 7) is 4.17. The molecular formula is C50H93NO4. The minimum absolute atomic E-state index is 0.385. The number of allylic oxidation sites excluding steroid dienone is 7. The number of amides is 1. The van der Waals surface area contributed by atoms with E-state index in [0.29, 0.717) is 6.42 Å². The highest BCUT2D eigenvalue weighted by atomic mass is 16.3. The van der Waals surface area contributed by atoms with Crippen molar-refractivity contribution in [2.75, 3.05) is 6.61 Å². The van der Waals surface area contributed by atoms with E-state index < -0.39 is 24.2 Å². The zero-order valence-corrected chi connectivity index (χ0v) is 36.6. The molecule has 0 aliphatic heterocycles. The van der Waals surface area contributed by atoms with Crippen molar-refractivity contribution in [3.05, 3.63) is 48.6 Å². The van der Waals surface area contributed by atoms with E-state index >= 15 is 0 Å². The van der Waals surface area contributed by atoms with Crippen LogP contribution >= 0.6 is 0 Å². The summed E-state index contributed by atoms with van der Waals surface area (Å²) in [7, 11) is 0. The van der Waals surface area contributed by atoms with Crippen molar-refractivity contribution >= 4 is 5.91 Å². The number of aliphatic hydroxyl groups excluding tert-OH is 3. The van der Waals surface area contributed by atoms with Crippen LogP contribution in [0.5, 0.6) is 0 Å². The molecule has 0 aromatic rings. The minimum Gasteiger partial charge on any atom is -0.394 e. The molecule has 4 N–H and O–H groups in total. The maximum Gasteiger partial charge on any atom is 0.249 e. The van der Waals surface area contributed by atoms with Crippen molar-refractivity contribution in [2.24, 2.45) is 0 Å². The largest absolute Gasteiger partial charge is 0.394 e. The lowest BCUT2D eigenvalue weighted by molar-refractivity contribution is -0.131. The molecule has 3 unspecified atom stereocenters. The van der Waals surface area contributed by atoms with E-state index in [1.165, 1.54) is 161 Å². The van der Waals surface area contributed by atoms with Crippen LogP contribution in [0.25, 0.3) is 0 Å². The van der Waals surface area contributed by atoms with Crippen LogP contribution in [0.4, 0.5) is 0 Å². The first-order chi connectivity index (χ1) is 27.1. The van der Waals surface area contributed by atoms with Gasteiger partial charge in [-0.25, -0.2) is 0 Å². The van der Waals surface area contributed by atoms with Crippen molar-refractivity contribution in [1.29, 1.82) is 0 Å². The molecule has 5 heteroatoms. The van der Waals surface area contributed by atoms with Gasteiger partial charge in [-0.2, -0.15) is 0 Å². The zero-order chi connectivity index (χ0) is 40.1. The van der Waals surface area contributed by atoms with E-state index in [1.54, 1.807) is 6.08 Å². The summed E-state index contributed by atoms with van der Waals surface area (Å²) in [5, 5.41) is 33.2. The lowest BCUT2D eigenvalue weighted by atomic mass is 10.0. The second kappa shape index (κ2) is 45.0. The maximum absolute atomic E-state index is 12.5. The second-order valence-corrected chi connectivity index (χ2v) is 16.3. The lowest BCUT2D eigenvalue weighted by Gasteiger charge is -2.21. The number of hydrogen-bond acceptors (Lipinski definition) is 4. The Hall–Kier alpha value is -1.69. The zero-order valence-electron chi connectivity index (χ0n) is 36.6. The molecule has 0 saturated heterocycles. The van der Waals surface area contributed by atoms with Crippen LogP contribution < -0.4 is 5.32 Å². The molecule has 0 rings (SSSR count). The summed E-state index contributed by atoms with van der Waals surface area (Å²) in [5.41, 5.74) is 0. The summed E-state index contributed by atoms with van der Waals surface area (Å²) in [6, 6.07) is -0.826. The molecule has 1 amide bonds. The Morgan fingerprint density at radius 2 is 0.745 bits per heavy atom. The topological polar surface area (TPSA) is 89.8 Å². The number of carbonyl (C=O) groups is 1. The third-order valence-corrected chi connectivity index (χ3v) is 10.9. The van der Waals surface area contributed by atoms with Crippen LogP contribution in [-0.2, 0) is 4.79 Å². The van der Waals surface area contributed by atoms with Crippen molar-refractivity contribution in [1.82, 2.24) is 5.32 Å². The van der Waals surface area contributed by atoms with E-state index in [2.05, 4.69) is 55.6 Å². The highest BCUT2D eigenvalue weighted by molar-refractivity contribution is 5.80. The van der Waals surface area contributed by atoms with E-state index in [1.807, 2.05) is 6.08 Å². The van der Waals surface area contributed by atoms with Gasteiger partial charge in [-0.1, -0.05) is 217 Å². The van der Waals surface area contributed by atoms with Crippen LogP contribution in [-0.4, -0.2) is 46.1 Å². The van der Waals surface area contributed by atoms with Gasteiger partial charge in [-0.3, -0.25) is 4.79 Å². The van der Waals surface area contributed by atoms with Crippen molar-refractivity contribution in [3.8, 4) is 0 Å². The highest BCUT2D eigenvalue weighted by Crippen LogP contribution is 2.15. The minimum atomic E-state index is -1.12. The molecule has 0 bridgehead atoms. The van der Waals surface area contributed by atoms with Crippen LogP contribution in [0.2, 0.25) is 0 Å². The van der Waals surface area contributed by atoms with Crippen LogP contribution in [0, 0.1) is 0 Å². The third kappa shape index (κ3) is 40.3. The molecular weight excluding hydrogens is 679 g/mol. The maximum atomic E-state index is 12.5. The van der Waals surface area contributed by atoms with E-state index in [9.17, 15) is 20.1 Å². The summed E-state index contributed by atoms with van der Waals surface area (Å²) in [6.07, 6.45) is 58.7. The van der Waals surface area contributed by atoms with Gasteiger partial charge in [0.05, 0.1) is 18.8 Å². The Labute approximate surface area is 342 Å². The average Bonchev–Trinajstić information content (AvgIpc) is 3.19. The average molecular weight is 772 g/mol. The fourth-order valence-corrected chi connectivity index (χ4v) is 7.09. The number of rotatable bonds is 43. The predicted molar refractivity (Wildman–Crippen MR) is 241 cm³/mol. The van der Waals surface area contributed by atoms with Gasteiger partial charge in [0.25, 0.3) is 0 Å². The number of nitrogens with one attached hydrogen (secondary N) is 1. The highest BCUT2D eigenvalue weighted by Gasteiger charge is 2.22. The molecule has 3 atom stereocenters. The van der Waals surface area contributed by atoms with Crippen LogP contribution in [0.15, 0.2) is 48.6 Å². The van der Waals surface area contributed by atoms with Gasteiger partial charge in [0.15, 0.2) is 0 Å². The SMILES string of the molecule is CCCCCCCCCCC/C=C\CCCCCCC(O)C(=O)NC(CO)C(O)/C=C/CC/C=C/CC/C=C/CCCCCCCCCCCCCCCC. The molecule has 0 aromatic carbocycles. The van der Waals surface area contributed by atoms with Crippen molar-refractivity contribution in [2.45, 2.75) is 257 Å². The Bertz CT molecular complexity index is 896. The van der Waals surface area contributed by atoms with Gasteiger partial charge in [0.2, 0.25) is 5.91 Å². The fourth-order valence-electron chi connectivity index (χ4n) is 7.09. The molecule has 5 nitrogen and oxygen atoms in total. The Balaban J connectivity index is 3.73. The predicted octanol–water partition coefficient (Wildman–Crippen LogP) is 14.1. The van der Waals surface area contributed by atoms with Gasteiger partial charge in [-0.05, 0) is 70.6 Å². The van der Waals surface area contributed by atoms with E-state index in [0.717, 1.165) is 57.8 Å². The molecule has 55 heavy (non-hydrogen) atoms. The van der Waals surface area contributed by atoms with Crippen molar-refractivity contribution in [3.63, 3.8) is 0 Å². The number of unbranched alkanes of at least 4 members (excludes halogenated alkanes) is 29. The number of hydrogen-bond donors (Lipinski definition) is 4. The van der Waals surface area contributed by atoms with Crippen molar-refractivity contribution < 1.29 is 20.1 Å². The first-order valence-corrected chi connectivity index (χ1v) is 24.0. The monoisotopic (exact) mass is 772 g/mol. The standard InChI is InChI=1S/C50H93NO4/c1-3-5-7-9-11-13-15-17-19-21-22-23-24-25-26-27-29-30-32-34-36-38-40-42-44-48(53)47(46-52)51-50(55)49(54)45-43-41-39-37-35-33-31-28-20-18-16-14-12-10-8-6-4-2/h27,29,31,33-34,36,42,44,47-49,52-54H,3-26,28,30,32,35,37-41,43,45-46H2,1-2H3,(H,51,55)/b29-27+,33-31-,36-34+,44-42+. The van der Waals surface area contributed by atoms with Gasteiger partial charge in [0.1, 0.15) is 6.10 Å². The van der Waals surface area contributed by atoms with E-state index in [4.69, 9.17) is 0 Å². The normalized spacial score (nSPS) is 13.9. The Morgan fingerprint density at radius 1 is 0.436 bits per heavy atom. The molecule has 0 fully saturated rings. The van der Waals surface area contributed by atoms with E-state index in [-0.39, 0.29) is 6.61 Å². The molecule has 0 spiro atoms. The summed E-state index contributed by atoms with van der Waals surface area (Å²) in [4.78, 5) is 12.5. The number of carbonyl (C=O) groups excluding carboxylic acids is 1. The summed E-state index contributed by atoms with van der Waals surface area (Å²) >= 11 is 0.